The molecule has 1 heterocycles. The van der Waals surface area contributed by atoms with Crippen LogP contribution in [0, 0.1) is 12.8 Å². The van der Waals surface area contributed by atoms with E-state index in [2.05, 4.69) is 16.2 Å². The molecule has 1 aromatic rings. The molecule has 0 unspecified atom stereocenters. The van der Waals surface area contributed by atoms with Crippen LogP contribution < -0.4 is 0 Å². The summed E-state index contributed by atoms with van der Waals surface area (Å²) in [4.78, 5) is 7.31. The molecule has 3 heteroatoms. The van der Waals surface area contributed by atoms with Crippen molar-refractivity contribution < 1.29 is 32.7 Å². The van der Waals surface area contributed by atoms with Gasteiger partial charge in [0.1, 0.15) is 0 Å². The minimum atomic E-state index is 0. The van der Waals surface area contributed by atoms with Gasteiger partial charge < -0.3 is 22.6 Å². The first-order chi connectivity index (χ1) is 3.93. The Balaban J connectivity index is 0.000000640. The Morgan fingerprint density at radius 2 is 2.44 bits per heavy atom. The molecule has 1 radical (unpaired) electrons. The van der Waals surface area contributed by atoms with Crippen molar-refractivity contribution in [1.82, 2.24) is 9.97 Å². The van der Waals surface area contributed by atoms with Gasteiger partial charge in [-0.25, -0.2) is 0 Å². The summed E-state index contributed by atoms with van der Waals surface area (Å²) in [6.45, 7) is 5.11. The van der Waals surface area contributed by atoms with Crippen molar-refractivity contribution in [3.63, 3.8) is 0 Å². The van der Waals surface area contributed by atoms with E-state index in [1.807, 2.05) is 0 Å². The minimum Gasteiger partial charge on any atom is -0.362 e. The molecule has 1 rings (SSSR count). The van der Waals surface area contributed by atoms with Crippen LogP contribution in [-0.4, -0.2) is 9.97 Å². The SMILES string of the molecule is [CH-]=Cc1[c-]ncnc1.[Y]. The minimum absolute atomic E-state index is 0. The van der Waals surface area contributed by atoms with Crippen LogP contribution in [0.3, 0.4) is 0 Å². The van der Waals surface area contributed by atoms with Gasteiger partial charge in [-0.1, -0.05) is 0 Å². The first kappa shape index (κ1) is 8.92. The van der Waals surface area contributed by atoms with Gasteiger partial charge in [-0.3, -0.25) is 5.56 Å². The first-order valence-electron chi connectivity index (χ1n) is 2.16. The van der Waals surface area contributed by atoms with Gasteiger partial charge >= 0.3 is 0 Å². The van der Waals surface area contributed by atoms with Crippen molar-refractivity contribution >= 4 is 6.08 Å². The van der Waals surface area contributed by atoms with Gasteiger partial charge in [-0.15, -0.1) is 12.4 Å². The van der Waals surface area contributed by atoms with E-state index in [9.17, 15) is 0 Å². The van der Waals surface area contributed by atoms with Crippen molar-refractivity contribution in [2.24, 2.45) is 0 Å². The van der Waals surface area contributed by atoms with Crippen molar-refractivity contribution in [2.75, 3.05) is 0 Å². The van der Waals surface area contributed by atoms with E-state index in [1.165, 1.54) is 12.4 Å². The molecule has 0 atom stereocenters. The van der Waals surface area contributed by atoms with E-state index >= 15 is 0 Å². The number of aromatic nitrogens is 2. The van der Waals surface area contributed by atoms with E-state index in [4.69, 9.17) is 6.58 Å². The fraction of sp³-hybridized carbons (Fsp3) is 0. The van der Waals surface area contributed by atoms with Gasteiger partial charge in [0.15, 0.2) is 0 Å². The molecular formula is C6H4N2Y-2. The van der Waals surface area contributed by atoms with Crippen LogP contribution in [0.2, 0.25) is 0 Å². The standard InChI is InChI=1S/C6H4N2.Y/c1-2-6-3-7-5-8-4-6;/h1-3,5H;/q-2;. The molecule has 0 bridgehead atoms. The van der Waals surface area contributed by atoms with E-state index in [0.717, 1.165) is 0 Å². The van der Waals surface area contributed by atoms with Crippen LogP contribution in [0.4, 0.5) is 0 Å². The van der Waals surface area contributed by atoms with Gasteiger partial charge in [-0.05, 0) is 0 Å². The third kappa shape index (κ3) is 2.82. The van der Waals surface area contributed by atoms with Crippen LogP contribution in [0.5, 0.6) is 0 Å². The summed E-state index contributed by atoms with van der Waals surface area (Å²) in [5.41, 5.74) is 0.715. The van der Waals surface area contributed by atoms with Crippen LogP contribution in [-0.2, 0) is 32.7 Å². The Morgan fingerprint density at radius 1 is 1.67 bits per heavy atom. The van der Waals surface area contributed by atoms with E-state index < -0.39 is 0 Å². The molecule has 9 heavy (non-hydrogen) atoms. The summed E-state index contributed by atoms with van der Waals surface area (Å²) in [6, 6.07) is 0. The normalized spacial score (nSPS) is 7.56. The molecule has 0 saturated carbocycles. The van der Waals surface area contributed by atoms with Crippen molar-refractivity contribution in [3.05, 3.63) is 30.9 Å². The summed E-state index contributed by atoms with van der Waals surface area (Å²) >= 11 is 0. The molecule has 0 fully saturated rings. The second-order valence-electron chi connectivity index (χ2n) is 1.26. The van der Waals surface area contributed by atoms with Crippen LogP contribution in [0.1, 0.15) is 5.56 Å². The van der Waals surface area contributed by atoms with E-state index in [1.54, 1.807) is 6.20 Å². The summed E-state index contributed by atoms with van der Waals surface area (Å²) in [5, 5.41) is 0. The Labute approximate surface area is 79.3 Å². The van der Waals surface area contributed by atoms with Gasteiger partial charge in [0.25, 0.3) is 0 Å². The Morgan fingerprint density at radius 3 is 2.78 bits per heavy atom. The van der Waals surface area contributed by atoms with Crippen LogP contribution >= 0.6 is 0 Å². The summed E-state index contributed by atoms with van der Waals surface area (Å²) in [7, 11) is 0. The molecule has 2 nitrogen and oxygen atoms in total. The summed E-state index contributed by atoms with van der Waals surface area (Å²) in [6.07, 6.45) is 7.03. The molecule has 0 aliphatic heterocycles. The average Bonchev–Trinajstić information content (AvgIpc) is 1.90. The number of hydrogen-bond donors (Lipinski definition) is 0. The maximum atomic E-state index is 5.11. The predicted molar refractivity (Wildman–Crippen MR) is 29.6 cm³/mol. The Hall–Kier alpha value is -0.0761. The second kappa shape index (κ2) is 4.77. The number of nitrogens with zero attached hydrogens (tertiary/aromatic N) is 2. The first-order valence-corrected chi connectivity index (χ1v) is 2.16. The summed E-state index contributed by atoms with van der Waals surface area (Å²) < 4.78 is 0. The second-order valence-corrected chi connectivity index (χ2v) is 1.26. The van der Waals surface area contributed by atoms with Crippen molar-refractivity contribution in [3.8, 4) is 0 Å². The third-order valence-corrected chi connectivity index (χ3v) is 0.711. The predicted octanol–water partition coefficient (Wildman–Crippen LogP) is 0.720. The van der Waals surface area contributed by atoms with Gasteiger partial charge in [0.2, 0.25) is 0 Å². The monoisotopic (exact) mass is 193 g/mol. The zero-order chi connectivity index (χ0) is 5.82. The smallest absolute Gasteiger partial charge is 0.0256 e. The fourth-order valence-electron chi connectivity index (χ4n) is 0.360. The van der Waals surface area contributed by atoms with E-state index in [-0.39, 0.29) is 32.7 Å². The molecule has 0 N–H and O–H groups in total. The molecular weight excluding hydrogens is 189 g/mol. The van der Waals surface area contributed by atoms with Crippen LogP contribution in [0.25, 0.3) is 6.08 Å². The number of hydrogen-bond acceptors (Lipinski definition) is 2. The molecule has 1 aromatic heterocycles. The zero-order valence-electron chi connectivity index (χ0n) is 4.78. The zero-order valence-corrected chi connectivity index (χ0v) is 7.62. The molecule has 0 aliphatic rings. The van der Waals surface area contributed by atoms with Gasteiger partial charge in [-0.2, -0.15) is 0 Å². The van der Waals surface area contributed by atoms with Gasteiger partial charge in [0.05, 0.1) is 0 Å². The van der Waals surface area contributed by atoms with Crippen molar-refractivity contribution in [2.45, 2.75) is 0 Å². The molecule has 0 aliphatic carbocycles. The van der Waals surface area contributed by atoms with Crippen LogP contribution in [0.15, 0.2) is 12.5 Å². The molecule has 0 spiro atoms. The fourth-order valence-corrected chi connectivity index (χ4v) is 0.360. The summed E-state index contributed by atoms with van der Waals surface area (Å²) in [5.74, 6) is 0. The maximum absolute atomic E-state index is 5.11. The third-order valence-electron chi connectivity index (χ3n) is 0.711. The van der Waals surface area contributed by atoms with E-state index in [0.29, 0.717) is 5.56 Å². The number of rotatable bonds is 1. The molecule has 0 saturated heterocycles. The Bertz CT molecular complexity index is 174. The molecule has 43 valence electrons. The molecule has 0 aromatic carbocycles. The average molecular weight is 193 g/mol. The molecule has 0 amide bonds. The quantitative estimate of drug-likeness (QED) is 0.614. The maximum Gasteiger partial charge on any atom is 0.0256 e. The Kier molecular flexibility index (Phi) is 4.73. The topological polar surface area (TPSA) is 25.8 Å². The van der Waals surface area contributed by atoms with Crippen molar-refractivity contribution in [1.29, 1.82) is 0 Å². The van der Waals surface area contributed by atoms with Gasteiger partial charge in [0, 0.05) is 39.0 Å². The largest absolute Gasteiger partial charge is 0.362 e.